The molecule has 2 rings (SSSR count). The summed E-state index contributed by atoms with van der Waals surface area (Å²) in [5, 5.41) is 4.23. The van der Waals surface area contributed by atoms with Crippen LogP contribution in [0.2, 0.25) is 5.02 Å². The average Bonchev–Trinajstić information content (AvgIpc) is 2.97. The second kappa shape index (κ2) is 8.05. The summed E-state index contributed by atoms with van der Waals surface area (Å²) in [6.07, 6.45) is 6.68. The highest BCUT2D eigenvalue weighted by molar-refractivity contribution is 6.30. The number of nitrogens with one attached hydrogen (secondary N) is 1. The number of hydrogen-bond acceptors (Lipinski definition) is 3. The Hall–Kier alpha value is -1.52. The zero-order valence-electron chi connectivity index (χ0n) is 12.6. The fourth-order valence-corrected chi connectivity index (χ4v) is 2.42. The van der Waals surface area contributed by atoms with Crippen molar-refractivity contribution in [2.75, 3.05) is 13.2 Å². The third-order valence-electron chi connectivity index (χ3n) is 3.34. The Morgan fingerprint density at radius 1 is 1.43 bits per heavy atom. The van der Waals surface area contributed by atoms with E-state index in [-0.39, 0.29) is 6.04 Å². The van der Waals surface area contributed by atoms with Gasteiger partial charge >= 0.3 is 0 Å². The quantitative estimate of drug-likeness (QED) is 0.756. The van der Waals surface area contributed by atoms with Crippen molar-refractivity contribution in [1.82, 2.24) is 14.9 Å². The minimum absolute atomic E-state index is 0.228. The zero-order chi connectivity index (χ0) is 15.1. The van der Waals surface area contributed by atoms with E-state index >= 15 is 0 Å². The highest BCUT2D eigenvalue weighted by Crippen LogP contribution is 2.28. The van der Waals surface area contributed by atoms with E-state index in [0.29, 0.717) is 11.6 Å². The molecule has 0 fully saturated rings. The third-order valence-corrected chi connectivity index (χ3v) is 3.58. The summed E-state index contributed by atoms with van der Waals surface area (Å²) in [6, 6.07) is 6.04. The van der Waals surface area contributed by atoms with Crippen LogP contribution >= 0.6 is 11.6 Å². The van der Waals surface area contributed by atoms with Gasteiger partial charge in [-0.25, -0.2) is 4.98 Å². The number of imidazole rings is 1. The number of aryl methyl sites for hydroxylation is 1. The number of benzene rings is 1. The smallest absolute Gasteiger partial charge is 0.125 e. The van der Waals surface area contributed by atoms with Gasteiger partial charge in [0.25, 0.3) is 0 Å². The van der Waals surface area contributed by atoms with Gasteiger partial charge in [0, 0.05) is 35.6 Å². The molecule has 1 unspecified atom stereocenters. The lowest BCUT2D eigenvalue weighted by atomic mass is 10.1. The predicted octanol–water partition coefficient (Wildman–Crippen LogP) is 3.68. The molecule has 0 amide bonds. The first-order valence-electron chi connectivity index (χ1n) is 7.32. The molecule has 0 bridgehead atoms. The van der Waals surface area contributed by atoms with Gasteiger partial charge in [-0.05, 0) is 38.9 Å². The summed E-state index contributed by atoms with van der Waals surface area (Å²) in [5.74, 6) is 0.861. The predicted molar refractivity (Wildman–Crippen MR) is 85.9 cm³/mol. The van der Waals surface area contributed by atoms with Gasteiger partial charge in [0.2, 0.25) is 0 Å². The second-order valence-corrected chi connectivity index (χ2v) is 5.38. The second-order valence-electron chi connectivity index (χ2n) is 4.95. The molecule has 1 heterocycles. The van der Waals surface area contributed by atoms with Gasteiger partial charge in [-0.1, -0.05) is 17.7 Å². The maximum Gasteiger partial charge on any atom is 0.125 e. The lowest BCUT2D eigenvalue weighted by Crippen LogP contribution is -2.21. The minimum atomic E-state index is 0.228. The first-order valence-corrected chi connectivity index (χ1v) is 7.70. The number of ether oxygens (including phenoxy) is 1. The van der Waals surface area contributed by atoms with Gasteiger partial charge in [0.05, 0.1) is 12.9 Å². The number of hydrogen-bond donors (Lipinski definition) is 1. The first-order chi connectivity index (χ1) is 10.2. The summed E-state index contributed by atoms with van der Waals surface area (Å²) in [6.45, 7) is 6.67. The number of aromatic nitrogens is 2. The van der Waals surface area contributed by atoms with E-state index in [2.05, 4.69) is 21.8 Å². The van der Waals surface area contributed by atoms with E-state index in [0.717, 1.165) is 30.8 Å². The standard InChI is InChI=1S/C16H22ClN3O/c1-3-21-16-11-14(17)5-6-15(16)13(2)19-7-4-9-20-10-8-18-12-20/h5-6,8,10-13,19H,3-4,7,9H2,1-2H3. The summed E-state index contributed by atoms with van der Waals surface area (Å²) in [5.41, 5.74) is 1.14. The van der Waals surface area contributed by atoms with Gasteiger partial charge in [0.1, 0.15) is 5.75 Å². The molecular formula is C16H22ClN3O. The third kappa shape index (κ3) is 4.76. The van der Waals surface area contributed by atoms with E-state index in [9.17, 15) is 0 Å². The normalized spacial score (nSPS) is 12.3. The Kier molecular flexibility index (Phi) is 6.08. The van der Waals surface area contributed by atoms with E-state index < -0.39 is 0 Å². The summed E-state index contributed by atoms with van der Waals surface area (Å²) >= 11 is 6.03. The number of nitrogens with zero attached hydrogens (tertiary/aromatic N) is 2. The van der Waals surface area contributed by atoms with Crippen molar-refractivity contribution in [3.05, 3.63) is 47.5 Å². The highest BCUT2D eigenvalue weighted by Gasteiger charge is 2.11. The van der Waals surface area contributed by atoms with Crippen LogP contribution in [-0.2, 0) is 6.54 Å². The van der Waals surface area contributed by atoms with Crippen molar-refractivity contribution < 1.29 is 4.74 Å². The van der Waals surface area contributed by atoms with Crippen molar-refractivity contribution in [1.29, 1.82) is 0 Å². The molecule has 0 spiro atoms. The first kappa shape index (κ1) is 15.9. The molecule has 1 aromatic carbocycles. The maximum atomic E-state index is 6.03. The van der Waals surface area contributed by atoms with E-state index in [1.54, 1.807) is 6.20 Å². The fraction of sp³-hybridized carbons (Fsp3) is 0.438. The molecule has 0 aliphatic heterocycles. The molecule has 114 valence electrons. The molecule has 5 heteroatoms. The van der Waals surface area contributed by atoms with Gasteiger partial charge in [-0.15, -0.1) is 0 Å². The largest absolute Gasteiger partial charge is 0.493 e. The Bertz CT molecular complexity index is 542. The van der Waals surface area contributed by atoms with Crippen LogP contribution in [0.25, 0.3) is 0 Å². The van der Waals surface area contributed by atoms with Crippen molar-refractivity contribution in [2.45, 2.75) is 32.9 Å². The molecule has 0 radical (unpaired) electrons. The van der Waals surface area contributed by atoms with Gasteiger partial charge in [-0.3, -0.25) is 0 Å². The lowest BCUT2D eigenvalue weighted by Gasteiger charge is -2.18. The van der Waals surface area contributed by atoms with Crippen LogP contribution in [0.5, 0.6) is 5.75 Å². The van der Waals surface area contributed by atoms with Crippen LogP contribution in [0, 0.1) is 0 Å². The monoisotopic (exact) mass is 307 g/mol. The summed E-state index contributed by atoms with van der Waals surface area (Å²) < 4.78 is 7.75. The molecular weight excluding hydrogens is 286 g/mol. The topological polar surface area (TPSA) is 39.1 Å². The van der Waals surface area contributed by atoms with Gasteiger partial charge in [-0.2, -0.15) is 0 Å². The van der Waals surface area contributed by atoms with Crippen LogP contribution in [0.3, 0.4) is 0 Å². The van der Waals surface area contributed by atoms with Crippen LogP contribution in [0.1, 0.15) is 31.9 Å². The van der Waals surface area contributed by atoms with Crippen molar-refractivity contribution in [3.8, 4) is 5.75 Å². The Morgan fingerprint density at radius 3 is 3.00 bits per heavy atom. The molecule has 0 aliphatic rings. The highest BCUT2D eigenvalue weighted by atomic mass is 35.5. The molecule has 0 saturated carbocycles. The maximum absolute atomic E-state index is 6.03. The Morgan fingerprint density at radius 2 is 2.29 bits per heavy atom. The number of halogens is 1. The number of rotatable bonds is 8. The minimum Gasteiger partial charge on any atom is -0.493 e. The Balaban J connectivity index is 1.86. The van der Waals surface area contributed by atoms with Crippen molar-refractivity contribution in [2.24, 2.45) is 0 Å². The fourth-order valence-electron chi connectivity index (χ4n) is 2.26. The molecule has 1 aromatic heterocycles. The van der Waals surface area contributed by atoms with Crippen LogP contribution in [0.4, 0.5) is 0 Å². The molecule has 2 aromatic rings. The summed E-state index contributed by atoms with van der Waals surface area (Å²) in [4.78, 5) is 4.04. The van der Waals surface area contributed by atoms with E-state index in [1.807, 2.05) is 37.6 Å². The molecule has 0 aliphatic carbocycles. The zero-order valence-corrected chi connectivity index (χ0v) is 13.3. The summed E-state index contributed by atoms with van der Waals surface area (Å²) in [7, 11) is 0. The van der Waals surface area contributed by atoms with Crippen molar-refractivity contribution in [3.63, 3.8) is 0 Å². The molecule has 4 nitrogen and oxygen atoms in total. The van der Waals surface area contributed by atoms with Crippen LogP contribution < -0.4 is 10.1 Å². The molecule has 1 N–H and O–H groups in total. The van der Waals surface area contributed by atoms with Gasteiger partial charge in [0.15, 0.2) is 0 Å². The van der Waals surface area contributed by atoms with E-state index in [1.165, 1.54) is 0 Å². The molecule has 0 saturated heterocycles. The van der Waals surface area contributed by atoms with E-state index in [4.69, 9.17) is 16.3 Å². The molecule has 21 heavy (non-hydrogen) atoms. The van der Waals surface area contributed by atoms with Crippen LogP contribution in [-0.4, -0.2) is 22.7 Å². The van der Waals surface area contributed by atoms with Gasteiger partial charge < -0.3 is 14.6 Å². The Labute approximate surface area is 131 Å². The lowest BCUT2D eigenvalue weighted by molar-refractivity contribution is 0.332. The SMILES string of the molecule is CCOc1cc(Cl)ccc1C(C)NCCCn1ccnc1. The average molecular weight is 308 g/mol. The van der Waals surface area contributed by atoms with Crippen molar-refractivity contribution >= 4 is 11.6 Å². The molecule has 1 atom stereocenters. The van der Waals surface area contributed by atoms with Crippen LogP contribution in [0.15, 0.2) is 36.9 Å².